The molecule has 1 aromatic rings. The number of aromatic nitrogens is 2. The smallest absolute Gasteiger partial charge is 0.340 e. The van der Waals surface area contributed by atoms with Gasteiger partial charge in [0, 0.05) is 0 Å². The highest BCUT2D eigenvalue weighted by molar-refractivity contribution is 5.17. The van der Waals surface area contributed by atoms with Crippen LogP contribution in [-0.4, -0.2) is 20.0 Å². The summed E-state index contributed by atoms with van der Waals surface area (Å²) >= 11 is 0. The summed E-state index contributed by atoms with van der Waals surface area (Å²) in [5.41, 5.74) is 0. The summed E-state index contributed by atoms with van der Waals surface area (Å²) < 4.78 is 0. The molecule has 12 heavy (non-hydrogen) atoms. The first-order valence-corrected chi connectivity index (χ1v) is 3.15. The molecule has 0 aliphatic heterocycles. The average Bonchev–Trinajstić information content (AvgIpc) is 2.51. The quantitative estimate of drug-likeness (QED) is 0.392. The fourth-order valence-corrected chi connectivity index (χ4v) is 0.681. The van der Waals surface area contributed by atoms with Crippen molar-refractivity contribution in [2.75, 3.05) is 0 Å². The van der Waals surface area contributed by atoms with Gasteiger partial charge in [0.05, 0.1) is 0 Å². The molecule has 2 N–H and O–H groups in total. The molecule has 1 heterocycles. The van der Waals surface area contributed by atoms with Gasteiger partial charge in [0.15, 0.2) is 6.10 Å². The van der Waals surface area contributed by atoms with Gasteiger partial charge >= 0.3 is 5.82 Å². The normalized spacial score (nSPS) is 12.4. The van der Waals surface area contributed by atoms with Gasteiger partial charge in [-0.25, -0.2) is 9.97 Å². The van der Waals surface area contributed by atoms with Gasteiger partial charge in [0.25, 0.3) is 0 Å². The van der Waals surface area contributed by atoms with Crippen LogP contribution in [0.1, 0.15) is 11.9 Å². The van der Waals surface area contributed by atoms with Gasteiger partial charge < -0.3 is 15.2 Å². The molecule has 0 amide bonds. The summed E-state index contributed by atoms with van der Waals surface area (Å²) in [4.78, 5) is 15.5. The van der Waals surface area contributed by atoms with Gasteiger partial charge in [-0.05, 0) is 4.92 Å². The zero-order chi connectivity index (χ0) is 9.14. The van der Waals surface area contributed by atoms with E-state index in [1.54, 1.807) is 0 Å². The van der Waals surface area contributed by atoms with Gasteiger partial charge in [0.1, 0.15) is 6.20 Å². The van der Waals surface area contributed by atoms with Crippen LogP contribution in [0.4, 0.5) is 5.82 Å². The van der Waals surface area contributed by atoms with Crippen LogP contribution in [0.2, 0.25) is 0 Å². The number of aromatic amines is 1. The van der Waals surface area contributed by atoms with Crippen molar-refractivity contribution < 1.29 is 10.0 Å². The van der Waals surface area contributed by atoms with Gasteiger partial charge in [-0.15, -0.1) is 0 Å². The molecule has 0 saturated carbocycles. The van der Waals surface area contributed by atoms with E-state index in [1.807, 2.05) is 0 Å². The molecule has 1 aromatic heterocycles. The second-order valence-corrected chi connectivity index (χ2v) is 2.09. The molecule has 6 nitrogen and oxygen atoms in total. The van der Waals surface area contributed by atoms with E-state index in [0.717, 1.165) is 6.20 Å². The Bertz CT molecular complexity index is 307. The topological polar surface area (TPSA) is 92.1 Å². The van der Waals surface area contributed by atoms with Crippen LogP contribution in [0, 0.1) is 10.1 Å². The molecule has 0 fully saturated rings. The number of hydrogen-bond donors (Lipinski definition) is 2. The summed E-state index contributed by atoms with van der Waals surface area (Å²) in [5, 5.41) is 19.2. The standard InChI is InChI=1S/C6H7N3O3/c1-2-4(10)6-7-3-5(8-6)9(11)12/h2-4,10H,1H2,(H,7,8). The zero-order valence-corrected chi connectivity index (χ0v) is 6.10. The predicted molar refractivity (Wildman–Crippen MR) is 40.4 cm³/mol. The Balaban J connectivity index is 2.91. The molecule has 0 saturated heterocycles. The summed E-state index contributed by atoms with van der Waals surface area (Å²) in [6, 6.07) is 0. The molecule has 1 unspecified atom stereocenters. The van der Waals surface area contributed by atoms with Crippen molar-refractivity contribution in [1.29, 1.82) is 0 Å². The van der Waals surface area contributed by atoms with Crippen molar-refractivity contribution in [3.8, 4) is 0 Å². The Kier molecular flexibility index (Phi) is 2.20. The van der Waals surface area contributed by atoms with E-state index in [2.05, 4.69) is 16.5 Å². The Morgan fingerprint density at radius 3 is 3.00 bits per heavy atom. The molecular weight excluding hydrogens is 162 g/mol. The van der Waals surface area contributed by atoms with Gasteiger partial charge in [0.2, 0.25) is 5.82 Å². The summed E-state index contributed by atoms with van der Waals surface area (Å²) in [5.74, 6) is -0.123. The molecule has 6 heteroatoms. The highest BCUT2D eigenvalue weighted by atomic mass is 16.6. The van der Waals surface area contributed by atoms with E-state index in [9.17, 15) is 10.1 Å². The number of nitrogens with zero attached hydrogens (tertiary/aromatic N) is 2. The molecule has 0 aliphatic rings. The number of nitrogens with one attached hydrogen (secondary N) is 1. The summed E-state index contributed by atoms with van der Waals surface area (Å²) in [6.07, 6.45) is 1.28. The first kappa shape index (κ1) is 8.41. The maximum atomic E-state index is 10.2. The van der Waals surface area contributed by atoms with E-state index in [-0.39, 0.29) is 11.6 Å². The van der Waals surface area contributed by atoms with Crippen molar-refractivity contribution in [2.45, 2.75) is 6.10 Å². The van der Waals surface area contributed by atoms with E-state index in [1.165, 1.54) is 6.08 Å². The second kappa shape index (κ2) is 3.14. The van der Waals surface area contributed by atoms with Gasteiger partial charge in [-0.2, -0.15) is 0 Å². The molecule has 0 spiro atoms. The molecule has 1 rings (SSSR count). The van der Waals surface area contributed by atoms with Crippen LogP contribution >= 0.6 is 0 Å². The number of imidazole rings is 1. The lowest BCUT2D eigenvalue weighted by atomic mass is 10.3. The lowest BCUT2D eigenvalue weighted by Crippen LogP contribution is -1.95. The number of H-pyrrole nitrogens is 1. The molecular formula is C6H7N3O3. The van der Waals surface area contributed by atoms with Crippen molar-refractivity contribution in [1.82, 2.24) is 9.97 Å². The first-order valence-electron chi connectivity index (χ1n) is 3.15. The molecule has 1 atom stereocenters. The Morgan fingerprint density at radius 2 is 2.58 bits per heavy atom. The van der Waals surface area contributed by atoms with Crippen LogP contribution < -0.4 is 0 Å². The third kappa shape index (κ3) is 1.48. The number of hydrogen-bond acceptors (Lipinski definition) is 4. The monoisotopic (exact) mass is 169 g/mol. The molecule has 0 radical (unpaired) electrons. The predicted octanol–water partition coefficient (Wildman–Crippen LogP) is 0.537. The van der Waals surface area contributed by atoms with E-state index >= 15 is 0 Å². The number of nitro groups is 1. The highest BCUT2D eigenvalue weighted by Crippen LogP contribution is 2.13. The largest absolute Gasteiger partial charge is 0.379 e. The maximum Gasteiger partial charge on any atom is 0.340 e. The highest BCUT2D eigenvalue weighted by Gasteiger charge is 2.14. The van der Waals surface area contributed by atoms with Gasteiger partial charge in [-0.1, -0.05) is 12.7 Å². The summed E-state index contributed by atoms with van der Waals surface area (Å²) in [7, 11) is 0. The van der Waals surface area contributed by atoms with Crippen LogP contribution in [0.25, 0.3) is 0 Å². The van der Waals surface area contributed by atoms with Crippen LogP contribution in [0.15, 0.2) is 18.9 Å². The fraction of sp³-hybridized carbons (Fsp3) is 0.167. The SMILES string of the molecule is C=CC(O)c1ncc([N+](=O)[O-])[nH]1. The minimum atomic E-state index is -0.987. The lowest BCUT2D eigenvalue weighted by Gasteiger charge is -1.94. The zero-order valence-electron chi connectivity index (χ0n) is 6.10. The number of aliphatic hydroxyl groups excluding tert-OH is 1. The number of rotatable bonds is 3. The molecule has 0 bridgehead atoms. The average molecular weight is 169 g/mol. The minimum Gasteiger partial charge on any atom is -0.379 e. The van der Waals surface area contributed by atoms with Crippen LogP contribution in [-0.2, 0) is 0 Å². The Morgan fingerprint density at radius 1 is 1.92 bits per heavy atom. The van der Waals surface area contributed by atoms with Crippen molar-refractivity contribution in [3.05, 3.63) is 34.8 Å². The van der Waals surface area contributed by atoms with Crippen molar-refractivity contribution in [3.63, 3.8) is 0 Å². The van der Waals surface area contributed by atoms with E-state index in [4.69, 9.17) is 5.11 Å². The second-order valence-electron chi connectivity index (χ2n) is 2.09. The molecule has 0 aliphatic carbocycles. The minimum absolute atomic E-state index is 0.122. The maximum absolute atomic E-state index is 10.2. The first-order chi connectivity index (χ1) is 5.65. The van der Waals surface area contributed by atoms with E-state index in [0.29, 0.717) is 0 Å². The van der Waals surface area contributed by atoms with Crippen LogP contribution in [0.3, 0.4) is 0 Å². The van der Waals surface area contributed by atoms with E-state index < -0.39 is 11.0 Å². The Labute approximate surface area is 67.7 Å². The van der Waals surface area contributed by atoms with Crippen molar-refractivity contribution >= 4 is 5.82 Å². The van der Waals surface area contributed by atoms with Gasteiger partial charge in [-0.3, -0.25) is 0 Å². The third-order valence-corrected chi connectivity index (χ3v) is 1.28. The Hall–Kier alpha value is -1.69. The summed E-state index contributed by atoms with van der Waals surface area (Å²) in [6.45, 7) is 3.31. The van der Waals surface area contributed by atoms with Crippen molar-refractivity contribution in [2.24, 2.45) is 0 Å². The molecule has 64 valence electrons. The lowest BCUT2D eigenvalue weighted by molar-refractivity contribution is -0.389. The third-order valence-electron chi connectivity index (χ3n) is 1.28. The molecule has 0 aromatic carbocycles. The van der Waals surface area contributed by atoms with Crippen LogP contribution in [0.5, 0.6) is 0 Å². The fourth-order valence-electron chi connectivity index (χ4n) is 0.681. The number of aliphatic hydroxyl groups is 1.